The monoisotopic (exact) mass is 413 g/mol. The normalized spacial score (nSPS) is 36.8. The molecule has 0 aliphatic heterocycles. The van der Waals surface area contributed by atoms with Gasteiger partial charge in [-0.2, -0.15) is 5.26 Å². The van der Waals surface area contributed by atoms with Crippen molar-refractivity contribution in [3.8, 4) is 6.07 Å². The van der Waals surface area contributed by atoms with Crippen LogP contribution in [0, 0.1) is 46.3 Å². The van der Waals surface area contributed by atoms with Gasteiger partial charge in [-0.25, -0.2) is 0 Å². The molecule has 3 fully saturated rings. The van der Waals surface area contributed by atoms with Crippen molar-refractivity contribution >= 4 is 0 Å². The number of nitriles is 1. The molecule has 172 valence electrons. The van der Waals surface area contributed by atoms with Crippen LogP contribution in [0.2, 0.25) is 0 Å². The summed E-state index contributed by atoms with van der Waals surface area (Å²) in [5.41, 5.74) is 0.0569. The minimum absolute atomic E-state index is 0.0569. The first-order valence-electron chi connectivity index (χ1n) is 14.1. The molecule has 30 heavy (non-hydrogen) atoms. The Balaban J connectivity index is 1.41. The first kappa shape index (κ1) is 24.1. The van der Waals surface area contributed by atoms with Crippen LogP contribution < -0.4 is 0 Å². The standard InChI is InChI=1S/C29H51N/c1-3-5-7-8-10-11-24-13-16-26(17-14-24)27-19-20-29(23-30)22-25(12-9-6-4-2)15-18-28(29)21-27/h24-28H,3-22H2,1-2H3. The van der Waals surface area contributed by atoms with Gasteiger partial charge in [-0.3, -0.25) is 0 Å². The van der Waals surface area contributed by atoms with E-state index in [4.69, 9.17) is 0 Å². The number of rotatable bonds is 11. The van der Waals surface area contributed by atoms with Gasteiger partial charge in [-0.05, 0) is 74.5 Å². The molecule has 0 radical (unpaired) electrons. The van der Waals surface area contributed by atoms with E-state index in [1.54, 1.807) is 0 Å². The van der Waals surface area contributed by atoms with Crippen LogP contribution in [0.5, 0.6) is 0 Å². The fraction of sp³-hybridized carbons (Fsp3) is 0.966. The average Bonchev–Trinajstić information content (AvgIpc) is 2.79. The molecule has 3 saturated carbocycles. The van der Waals surface area contributed by atoms with Gasteiger partial charge in [-0.15, -0.1) is 0 Å². The van der Waals surface area contributed by atoms with Crippen molar-refractivity contribution in [2.45, 2.75) is 142 Å². The maximum absolute atomic E-state index is 10.2. The molecule has 3 aliphatic carbocycles. The summed E-state index contributed by atoms with van der Waals surface area (Å²) in [6.45, 7) is 4.61. The summed E-state index contributed by atoms with van der Waals surface area (Å²) in [7, 11) is 0. The van der Waals surface area contributed by atoms with Crippen molar-refractivity contribution in [1.82, 2.24) is 0 Å². The van der Waals surface area contributed by atoms with Crippen molar-refractivity contribution in [3.05, 3.63) is 0 Å². The van der Waals surface area contributed by atoms with Crippen molar-refractivity contribution < 1.29 is 0 Å². The molecule has 4 atom stereocenters. The number of fused-ring (bicyclic) bond motifs is 1. The van der Waals surface area contributed by atoms with Gasteiger partial charge < -0.3 is 0 Å². The van der Waals surface area contributed by atoms with Crippen molar-refractivity contribution in [1.29, 1.82) is 5.26 Å². The Labute approximate surface area is 188 Å². The number of hydrogen-bond donors (Lipinski definition) is 0. The lowest BCUT2D eigenvalue weighted by Crippen LogP contribution is -2.42. The van der Waals surface area contributed by atoms with Gasteiger partial charge in [0.1, 0.15) is 0 Å². The van der Waals surface area contributed by atoms with E-state index in [0.29, 0.717) is 0 Å². The van der Waals surface area contributed by atoms with Crippen LogP contribution in [0.4, 0.5) is 0 Å². The van der Waals surface area contributed by atoms with Crippen LogP contribution in [0.1, 0.15) is 142 Å². The molecule has 0 aromatic heterocycles. The van der Waals surface area contributed by atoms with Gasteiger partial charge in [0.15, 0.2) is 0 Å². The van der Waals surface area contributed by atoms with Crippen LogP contribution in [-0.4, -0.2) is 0 Å². The minimum atomic E-state index is 0.0569. The van der Waals surface area contributed by atoms with E-state index in [9.17, 15) is 5.26 Å². The Morgan fingerprint density at radius 3 is 2.07 bits per heavy atom. The molecule has 0 saturated heterocycles. The fourth-order valence-electron chi connectivity index (χ4n) is 7.61. The molecule has 0 aromatic carbocycles. The Hall–Kier alpha value is -0.510. The molecule has 0 bridgehead atoms. The summed E-state index contributed by atoms with van der Waals surface area (Å²) < 4.78 is 0. The molecule has 4 unspecified atom stereocenters. The maximum Gasteiger partial charge on any atom is 0.0692 e. The Morgan fingerprint density at radius 1 is 0.700 bits per heavy atom. The molecule has 1 heteroatoms. The Bertz CT molecular complexity index is 511. The van der Waals surface area contributed by atoms with Crippen LogP contribution >= 0.6 is 0 Å². The third kappa shape index (κ3) is 6.50. The lowest BCUT2D eigenvalue weighted by molar-refractivity contribution is 0.0146. The van der Waals surface area contributed by atoms with Crippen molar-refractivity contribution in [2.75, 3.05) is 0 Å². The summed E-state index contributed by atoms with van der Waals surface area (Å²) >= 11 is 0. The van der Waals surface area contributed by atoms with Crippen LogP contribution in [0.3, 0.4) is 0 Å². The molecular weight excluding hydrogens is 362 g/mol. The van der Waals surface area contributed by atoms with Gasteiger partial charge in [0.25, 0.3) is 0 Å². The summed E-state index contributed by atoms with van der Waals surface area (Å²) in [6, 6.07) is 2.91. The van der Waals surface area contributed by atoms with E-state index in [-0.39, 0.29) is 5.41 Å². The van der Waals surface area contributed by atoms with Crippen molar-refractivity contribution in [3.63, 3.8) is 0 Å². The second-order valence-electron chi connectivity index (χ2n) is 11.6. The molecule has 0 N–H and O–H groups in total. The largest absolute Gasteiger partial charge is 0.198 e. The van der Waals surface area contributed by atoms with Gasteiger partial charge in [0.2, 0.25) is 0 Å². The SMILES string of the molecule is CCCCCCCC1CCC(C2CCC3(C#N)CC(CCCCC)CCC3C2)CC1. The highest BCUT2D eigenvalue weighted by Gasteiger charge is 2.48. The Morgan fingerprint density at radius 2 is 1.33 bits per heavy atom. The molecule has 1 nitrogen and oxygen atoms in total. The van der Waals surface area contributed by atoms with Crippen LogP contribution in [-0.2, 0) is 0 Å². The zero-order valence-corrected chi connectivity index (χ0v) is 20.5. The van der Waals surface area contributed by atoms with E-state index >= 15 is 0 Å². The fourth-order valence-corrected chi connectivity index (χ4v) is 7.61. The lowest BCUT2D eigenvalue weighted by atomic mass is 9.53. The van der Waals surface area contributed by atoms with E-state index in [1.807, 2.05) is 0 Å². The van der Waals surface area contributed by atoms with Crippen molar-refractivity contribution in [2.24, 2.45) is 35.0 Å². The zero-order chi connectivity index (χ0) is 21.2. The molecule has 3 rings (SSSR count). The third-order valence-corrected chi connectivity index (χ3v) is 9.62. The predicted molar refractivity (Wildman–Crippen MR) is 129 cm³/mol. The molecular formula is C29H51N. The third-order valence-electron chi connectivity index (χ3n) is 9.62. The highest BCUT2D eigenvalue weighted by atomic mass is 14.5. The number of hydrogen-bond acceptors (Lipinski definition) is 1. The summed E-state index contributed by atoms with van der Waals surface area (Å²) in [5, 5.41) is 10.2. The number of unbranched alkanes of at least 4 members (excludes halogenated alkanes) is 6. The average molecular weight is 414 g/mol. The smallest absolute Gasteiger partial charge is 0.0692 e. The van der Waals surface area contributed by atoms with Gasteiger partial charge in [0, 0.05) is 0 Å². The second-order valence-corrected chi connectivity index (χ2v) is 11.6. The zero-order valence-electron chi connectivity index (χ0n) is 20.5. The first-order chi connectivity index (χ1) is 14.7. The van der Waals surface area contributed by atoms with E-state index in [1.165, 1.54) is 128 Å². The van der Waals surface area contributed by atoms with E-state index in [2.05, 4.69) is 19.9 Å². The summed E-state index contributed by atoms with van der Waals surface area (Å²) in [6.07, 6.45) is 28.1. The quantitative estimate of drug-likeness (QED) is 0.309. The van der Waals surface area contributed by atoms with Gasteiger partial charge >= 0.3 is 0 Å². The van der Waals surface area contributed by atoms with Crippen LogP contribution in [0.25, 0.3) is 0 Å². The van der Waals surface area contributed by atoms with E-state index < -0.39 is 0 Å². The molecule has 3 aliphatic rings. The van der Waals surface area contributed by atoms with Gasteiger partial charge in [-0.1, -0.05) is 97.3 Å². The molecule has 0 amide bonds. The lowest BCUT2D eigenvalue weighted by Gasteiger charge is -2.50. The minimum Gasteiger partial charge on any atom is -0.198 e. The molecule has 0 aromatic rings. The highest BCUT2D eigenvalue weighted by Crippen LogP contribution is 2.56. The summed E-state index contributed by atoms with van der Waals surface area (Å²) in [4.78, 5) is 0. The molecule has 0 heterocycles. The second kappa shape index (κ2) is 12.5. The molecule has 0 spiro atoms. The maximum atomic E-state index is 10.2. The topological polar surface area (TPSA) is 23.8 Å². The summed E-state index contributed by atoms with van der Waals surface area (Å²) in [5.74, 6) is 4.53. The van der Waals surface area contributed by atoms with Crippen LogP contribution in [0.15, 0.2) is 0 Å². The predicted octanol–water partition coefficient (Wildman–Crippen LogP) is 9.46. The number of nitrogens with zero attached hydrogens (tertiary/aromatic N) is 1. The first-order valence-corrected chi connectivity index (χ1v) is 14.1. The van der Waals surface area contributed by atoms with E-state index in [0.717, 1.165) is 29.6 Å². The Kier molecular flexibility index (Phi) is 10.1. The van der Waals surface area contributed by atoms with Gasteiger partial charge in [0.05, 0.1) is 11.5 Å². The highest BCUT2D eigenvalue weighted by molar-refractivity contribution is 5.09.